The summed E-state index contributed by atoms with van der Waals surface area (Å²) < 4.78 is 5.20. The van der Waals surface area contributed by atoms with E-state index in [1.807, 2.05) is 17.5 Å². The van der Waals surface area contributed by atoms with Gasteiger partial charge < -0.3 is 14.9 Å². The van der Waals surface area contributed by atoms with E-state index in [9.17, 15) is 9.90 Å². The van der Waals surface area contributed by atoms with Crippen molar-refractivity contribution in [3.05, 3.63) is 29.3 Å². The molecule has 112 valence electrons. The topological polar surface area (TPSA) is 75.4 Å². The van der Waals surface area contributed by atoms with Gasteiger partial charge in [-0.1, -0.05) is 24.1 Å². The Balaban J connectivity index is 1.63. The fourth-order valence-electron chi connectivity index (χ4n) is 2.79. The van der Waals surface area contributed by atoms with Gasteiger partial charge in [0.25, 0.3) is 5.91 Å². The summed E-state index contributed by atoms with van der Waals surface area (Å²) in [5, 5.41) is 18.2. The molecule has 1 aliphatic carbocycles. The first-order chi connectivity index (χ1) is 10.2. The second kappa shape index (κ2) is 5.99. The maximum atomic E-state index is 12.1. The lowest BCUT2D eigenvalue weighted by Gasteiger charge is -2.26. The minimum Gasteiger partial charge on any atom is -0.396 e. The van der Waals surface area contributed by atoms with Crippen molar-refractivity contribution >= 4 is 17.2 Å². The number of aliphatic hydroxyl groups excluding tert-OH is 1. The van der Waals surface area contributed by atoms with Crippen LogP contribution in [0, 0.1) is 5.41 Å². The number of rotatable bonds is 5. The molecular formula is C15H18N2O3S. The predicted molar refractivity (Wildman–Crippen MR) is 80.1 cm³/mol. The molecule has 0 atom stereocenters. The van der Waals surface area contributed by atoms with Crippen molar-refractivity contribution in [1.82, 2.24) is 10.5 Å². The Labute approximate surface area is 127 Å². The highest BCUT2D eigenvalue weighted by atomic mass is 32.1. The minimum absolute atomic E-state index is 0.118. The second-order valence-electron chi connectivity index (χ2n) is 5.60. The van der Waals surface area contributed by atoms with Crippen LogP contribution in [0.2, 0.25) is 0 Å². The summed E-state index contributed by atoms with van der Waals surface area (Å²) in [6, 6.07) is 5.50. The Kier molecular flexibility index (Phi) is 4.07. The Bertz CT molecular complexity index is 600. The van der Waals surface area contributed by atoms with E-state index < -0.39 is 0 Å². The van der Waals surface area contributed by atoms with Crippen molar-refractivity contribution in [2.75, 3.05) is 13.2 Å². The summed E-state index contributed by atoms with van der Waals surface area (Å²) >= 11 is 1.54. The van der Waals surface area contributed by atoms with Crippen molar-refractivity contribution in [2.45, 2.75) is 25.7 Å². The van der Waals surface area contributed by atoms with Crippen LogP contribution in [0.3, 0.4) is 0 Å². The summed E-state index contributed by atoms with van der Waals surface area (Å²) in [7, 11) is 0. The zero-order valence-electron chi connectivity index (χ0n) is 11.7. The molecule has 1 fully saturated rings. The zero-order valence-corrected chi connectivity index (χ0v) is 12.5. The van der Waals surface area contributed by atoms with Crippen molar-refractivity contribution in [2.24, 2.45) is 5.41 Å². The van der Waals surface area contributed by atoms with Gasteiger partial charge in [-0.05, 0) is 24.3 Å². The van der Waals surface area contributed by atoms with Gasteiger partial charge in [0.2, 0.25) is 0 Å². The second-order valence-corrected chi connectivity index (χ2v) is 6.55. The molecule has 0 saturated heterocycles. The standard InChI is InChI=1S/C15H18N2O3S/c18-10-15(5-1-2-6-15)9-16-14(19)11-8-12(20-17-11)13-4-3-7-21-13/h3-4,7-8,18H,1-2,5-6,9-10H2,(H,16,19). The molecule has 1 amide bonds. The summed E-state index contributed by atoms with van der Waals surface area (Å²) in [5.41, 5.74) is 0.125. The minimum atomic E-state index is -0.249. The Morgan fingerprint density at radius 2 is 2.29 bits per heavy atom. The third-order valence-electron chi connectivity index (χ3n) is 4.13. The fraction of sp³-hybridized carbons (Fsp3) is 0.467. The first-order valence-electron chi connectivity index (χ1n) is 7.12. The lowest BCUT2D eigenvalue weighted by atomic mass is 9.87. The van der Waals surface area contributed by atoms with Gasteiger partial charge in [-0.3, -0.25) is 4.79 Å². The number of hydrogen-bond acceptors (Lipinski definition) is 5. The number of amides is 1. The van der Waals surface area contributed by atoms with Crippen LogP contribution >= 0.6 is 11.3 Å². The van der Waals surface area contributed by atoms with Gasteiger partial charge in [0.15, 0.2) is 11.5 Å². The van der Waals surface area contributed by atoms with Gasteiger partial charge in [-0.2, -0.15) is 0 Å². The van der Waals surface area contributed by atoms with E-state index in [1.165, 1.54) is 11.3 Å². The van der Waals surface area contributed by atoms with Gasteiger partial charge in [-0.25, -0.2) is 0 Å². The van der Waals surface area contributed by atoms with Crippen LogP contribution in [-0.2, 0) is 0 Å². The predicted octanol–water partition coefficient (Wildman–Crippen LogP) is 2.69. The summed E-state index contributed by atoms with van der Waals surface area (Å²) in [6.07, 6.45) is 4.15. The first-order valence-corrected chi connectivity index (χ1v) is 8.00. The van der Waals surface area contributed by atoms with Gasteiger partial charge >= 0.3 is 0 Å². The largest absolute Gasteiger partial charge is 0.396 e. The molecule has 0 radical (unpaired) electrons. The normalized spacial score (nSPS) is 17.0. The molecule has 6 heteroatoms. The Morgan fingerprint density at radius 3 is 2.95 bits per heavy atom. The average molecular weight is 306 g/mol. The van der Waals surface area contributed by atoms with Gasteiger partial charge in [-0.15, -0.1) is 11.3 Å². The monoisotopic (exact) mass is 306 g/mol. The number of nitrogens with zero attached hydrogens (tertiary/aromatic N) is 1. The summed E-state index contributed by atoms with van der Waals surface area (Å²) in [6.45, 7) is 0.607. The molecule has 2 heterocycles. The summed E-state index contributed by atoms with van der Waals surface area (Å²) in [4.78, 5) is 13.1. The molecule has 0 aliphatic heterocycles. The third kappa shape index (κ3) is 3.01. The van der Waals surface area contributed by atoms with Crippen molar-refractivity contribution < 1.29 is 14.4 Å². The van der Waals surface area contributed by atoms with Crippen LogP contribution in [0.15, 0.2) is 28.1 Å². The van der Waals surface area contributed by atoms with Crippen LogP contribution in [0.25, 0.3) is 10.6 Å². The molecule has 21 heavy (non-hydrogen) atoms. The zero-order chi connectivity index (χ0) is 14.7. The smallest absolute Gasteiger partial charge is 0.273 e. The van der Waals surface area contributed by atoms with E-state index in [2.05, 4.69) is 10.5 Å². The van der Waals surface area contributed by atoms with E-state index in [-0.39, 0.29) is 23.6 Å². The third-order valence-corrected chi connectivity index (χ3v) is 5.01. The number of nitrogens with one attached hydrogen (secondary N) is 1. The lowest BCUT2D eigenvalue weighted by Crippen LogP contribution is -2.38. The number of carbonyl (C=O) groups is 1. The lowest BCUT2D eigenvalue weighted by molar-refractivity contribution is 0.0872. The van der Waals surface area contributed by atoms with E-state index >= 15 is 0 Å². The molecule has 1 saturated carbocycles. The molecule has 2 N–H and O–H groups in total. The molecule has 3 rings (SSSR count). The quantitative estimate of drug-likeness (QED) is 0.890. The molecule has 0 aromatic carbocycles. The van der Waals surface area contributed by atoms with Gasteiger partial charge in [0.1, 0.15) is 0 Å². The molecule has 2 aromatic heterocycles. The van der Waals surface area contributed by atoms with Crippen LogP contribution in [0.4, 0.5) is 0 Å². The number of aliphatic hydroxyl groups is 1. The van der Waals surface area contributed by atoms with Crippen LogP contribution < -0.4 is 5.32 Å². The molecule has 5 nitrogen and oxygen atoms in total. The molecular weight excluding hydrogens is 288 g/mol. The van der Waals surface area contributed by atoms with Gasteiger partial charge in [0, 0.05) is 18.0 Å². The van der Waals surface area contributed by atoms with Gasteiger partial charge in [0.05, 0.1) is 11.5 Å². The maximum Gasteiger partial charge on any atom is 0.273 e. The highest BCUT2D eigenvalue weighted by Crippen LogP contribution is 2.37. The first kappa shape index (κ1) is 14.3. The molecule has 0 spiro atoms. The SMILES string of the molecule is O=C(NCC1(CO)CCCC1)c1cc(-c2cccs2)on1. The number of thiophene rings is 1. The van der Waals surface area contributed by atoms with Crippen LogP contribution in [0.1, 0.15) is 36.2 Å². The number of aromatic nitrogens is 1. The van der Waals surface area contributed by atoms with Crippen molar-refractivity contribution in [3.8, 4) is 10.6 Å². The highest BCUT2D eigenvalue weighted by molar-refractivity contribution is 7.13. The highest BCUT2D eigenvalue weighted by Gasteiger charge is 2.33. The fourth-order valence-corrected chi connectivity index (χ4v) is 3.46. The number of hydrogen-bond donors (Lipinski definition) is 2. The summed E-state index contributed by atoms with van der Waals surface area (Å²) in [5.74, 6) is 0.356. The molecule has 2 aromatic rings. The van der Waals surface area contributed by atoms with Crippen molar-refractivity contribution in [3.63, 3.8) is 0 Å². The molecule has 0 unspecified atom stereocenters. The van der Waals surface area contributed by atoms with Crippen LogP contribution in [0.5, 0.6) is 0 Å². The maximum absolute atomic E-state index is 12.1. The van der Waals surface area contributed by atoms with E-state index in [0.29, 0.717) is 12.3 Å². The van der Waals surface area contributed by atoms with E-state index in [1.54, 1.807) is 6.07 Å². The molecule has 1 aliphatic rings. The van der Waals surface area contributed by atoms with E-state index in [4.69, 9.17) is 4.52 Å². The molecule has 0 bridgehead atoms. The Morgan fingerprint density at radius 1 is 1.48 bits per heavy atom. The average Bonchev–Trinajstić information content (AvgIpc) is 3.25. The van der Waals surface area contributed by atoms with Crippen molar-refractivity contribution in [1.29, 1.82) is 0 Å². The number of carbonyl (C=O) groups excluding carboxylic acids is 1. The van der Waals surface area contributed by atoms with Crippen LogP contribution in [-0.4, -0.2) is 29.3 Å². The Hall–Kier alpha value is -1.66. The van der Waals surface area contributed by atoms with E-state index in [0.717, 1.165) is 30.6 Å².